The lowest BCUT2D eigenvalue weighted by Gasteiger charge is -2.30. The molecule has 1 unspecified atom stereocenters. The summed E-state index contributed by atoms with van der Waals surface area (Å²) < 4.78 is 5.52. The molecule has 0 aromatic heterocycles. The zero-order valence-corrected chi connectivity index (χ0v) is 21.2. The molecule has 0 N–H and O–H groups in total. The minimum absolute atomic E-state index is 0.0559. The number of cyclic esters (lactones) is 1. The molecular formula is C27H35ClN2O4. The molecule has 1 saturated heterocycles. The number of amides is 1. The van der Waals surface area contributed by atoms with E-state index in [9.17, 15) is 9.59 Å². The zero-order chi connectivity index (χ0) is 24.5. The maximum Gasteiger partial charge on any atom is 0.338 e. The van der Waals surface area contributed by atoms with E-state index in [1.54, 1.807) is 0 Å². The largest absolute Gasteiger partial charge is 0.462 e. The maximum absolute atomic E-state index is 12.9. The Balaban J connectivity index is 1.85. The number of halogens is 1. The Morgan fingerprint density at radius 3 is 2.76 bits per heavy atom. The van der Waals surface area contributed by atoms with E-state index in [4.69, 9.17) is 21.2 Å². The number of nitrogens with zero attached hydrogens (tertiary/aromatic N) is 2. The van der Waals surface area contributed by atoms with Crippen molar-refractivity contribution in [3.63, 3.8) is 0 Å². The number of carbonyl (C=O) groups is 2. The molecule has 0 bridgehead atoms. The number of hydrogen-bond acceptors (Lipinski definition) is 5. The van der Waals surface area contributed by atoms with Crippen molar-refractivity contribution in [3.8, 4) is 0 Å². The van der Waals surface area contributed by atoms with Gasteiger partial charge in [0.25, 0.3) is 5.91 Å². The average molecular weight is 487 g/mol. The smallest absolute Gasteiger partial charge is 0.338 e. The van der Waals surface area contributed by atoms with Gasteiger partial charge in [-0.3, -0.25) is 4.79 Å². The van der Waals surface area contributed by atoms with Crippen molar-refractivity contribution in [2.24, 2.45) is 11.1 Å². The number of piperidine rings is 1. The molecule has 0 radical (unpaired) electrons. The second-order valence-corrected chi connectivity index (χ2v) is 9.55. The van der Waals surface area contributed by atoms with E-state index in [0.29, 0.717) is 47.2 Å². The summed E-state index contributed by atoms with van der Waals surface area (Å²) >= 11 is 6.67. The highest BCUT2D eigenvalue weighted by molar-refractivity contribution is 6.33. The van der Waals surface area contributed by atoms with Gasteiger partial charge in [0.2, 0.25) is 0 Å². The second-order valence-electron chi connectivity index (χ2n) is 9.17. The number of allylic oxidation sites excluding steroid dienone is 3. The number of oxime groups is 1. The predicted octanol–water partition coefficient (Wildman–Crippen LogP) is 5.58. The van der Waals surface area contributed by atoms with Gasteiger partial charge in [-0.05, 0) is 74.6 Å². The summed E-state index contributed by atoms with van der Waals surface area (Å²) in [5.74, 6) is 0.0589. The standard InChI is InChI=1S/C27H35ClN2O4/c1-19-11-10-13-30(17-19)24(31)18-34-29-22-12-8-6-4-5-7-9-14-33-27(32)25-20(2)15-21(3)26(28)23(25)16-22/h5,7-8,12,15,19H,4,6,9-11,13-14,16-18H2,1-3H3/b7-5+,12-8?,29-22?. The highest BCUT2D eigenvalue weighted by atomic mass is 35.5. The topological polar surface area (TPSA) is 68.2 Å². The van der Waals surface area contributed by atoms with Crippen LogP contribution in [-0.2, 0) is 20.8 Å². The van der Waals surface area contributed by atoms with Crippen molar-refractivity contribution in [1.82, 2.24) is 4.90 Å². The first kappa shape index (κ1) is 26.0. The molecule has 3 rings (SSSR count). The van der Waals surface area contributed by atoms with Crippen molar-refractivity contribution in [2.75, 3.05) is 26.3 Å². The van der Waals surface area contributed by atoms with Crippen molar-refractivity contribution >= 4 is 29.2 Å². The monoisotopic (exact) mass is 486 g/mol. The highest BCUT2D eigenvalue weighted by Gasteiger charge is 2.23. The van der Waals surface area contributed by atoms with E-state index in [2.05, 4.69) is 18.2 Å². The van der Waals surface area contributed by atoms with Gasteiger partial charge in [-0.2, -0.15) is 0 Å². The van der Waals surface area contributed by atoms with Crippen LogP contribution in [0.1, 0.15) is 66.1 Å². The summed E-state index contributed by atoms with van der Waals surface area (Å²) in [7, 11) is 0. The predicted molar refractivity (Wildman–Crippen MR) is 135 cm³/mol. The van der Waals surface area contributed by atoms with Gasteiger partial charge in [-0.15, -0.1) is 0 Å². The van der Waals surface area contributed by atoms with Crippen LogP contribution in [0.3, 0.4) is 0 Å². The molecule has 7 heteroatoms. The van der Waals surface area contributed by atoms with Crippen molar-refractivity contribution < 1.29 is 19.2 Å². The van der Waals surface area contributed by atoms with Crippen LogP contribution in [0, 0.1) is 19.8 Å². The Hall–Kier alpha value is -2.60. The molecule has 0 saturated carbocycles. The minimum Gasteiger partial charge on any atom is -0.462 e. The van der Waals surface area contributed by atoms with Gasteiger partial charge in [0.15, 0.2) is 6.61 Å². The lowest BCUT2D eigenvalue weighted by Crippen LogP contribution is -2.40. The van der Waals surface area contributed by atoms with Gasteiger partial charge in [0, 0.05) is 24.5 Å². The molecule has 1 fully saturated rings. The van der Waals surface area contributed by atoms with Crippen LogP contribution in [-0.4, -0.2) is 48.8 Å². The molecule has 1 atom stereocenters. The van der Waals surface area contributed by atoms with Crippen LogP contribution in [0.25, 0.3) is 0 Å². The third-order valence-electron chi connectivity index (χ3n) is 6.18. The number of hydrogen-bond donors (Lipinski definition) is 0. The number of likely N-dealkylation sites (tertiary alicyclic amines) is 1. The number of benzene rings is 1. The molecule has 34 heavy (non-hydrogen) atoms. The number of esters is 1. The van der Waals surface area contributed by atoms with E-state index in [0.717, 1.165) is 49.9 Å². The van der Waals surface area contributed by atoms with Crippen LogP contribution in [0.4, 0.5) is 0 Å². The van der Waals surface area contributed by atoms with E-state index in [1.807, 2.05) is 43.0 Å². The summed E-state index contributed by atoms with van der Waals surface area (Å²) in [6, 6.07) is 1.90. The fraction of sp³-hybridized carbons (Fsp3) is 0.519. The molecule has 184 valence electrons. The normalized spacial score (nSPS) is 22.0. The average Bonchev–Trinajstić information content (AvgIpc) is 2.80. The molecule has 0 aliphatic carbocycles. The first-order valence-corrected chi connectivity index (χ1v) is 12.5. The molecule has 2 aliphatic heterocycles. The minimum atomic E-state index is -0.390. The number of carbonyl (C=O) groups excluding carboxylic acids is 2. The van der Waals surface area contributed by atoms with Gasteiger partial charge < -0.3 is 14.5 Å². The summed E-state index contributed by atoms with van der Waals surface area (Å²) in [5.41, 5.74) is 3.43. The van der Waals surface area contributed by atoms with E-state index >= 15 is 0 Å². The highest BCUT2D eigenvalue weighted by Crippen LogP contribution is 2.29. The van der Waals surface area contributed by atoms with Crippen molar-refractivity contribution in [1.29, 1.82) is 0 Å². The van der Waals surface area contributed by atoms with Crippen LogP contribution >= 0.6 is 11.6 Å². The third-order valence-corrected chi connectivity index (χ3v) is 6.70. The Morgan fingerprint density at radius 1 is 1.21 bits per heavy atom. The maximum atomic E-state index is 12.9. The van der Waals surface area contributed by atoms with E-state index < -0.39 is 5.97 Å². The second kappa shape index (κ2) is 12.7. The number of rotatable bonds is 3. The Kier molecular flexibility index (Phi) is 9.75. The molecule has 1 aromatic carbocycles. The Bertz CT molecular complexity index is 983. The Labute approximate surface area is 207 Å². The lowest BCUT2D eigenvalue weighted by atomic mass is 9.94. The number of aryl methyl sites for hydroxylation is 2. The third kappa shape index (κ3) is 7.20. The first-order valence-electron chi connectivity index (χ1n) is 12.1. The zero-order valence-electron chi connectivity index (χ0n) is 20.4. The lowest BCUT2D eigenvalue weighted by molar-refractivity contribution is -0.137. The molecule has 6 nitrogen and oxygen atoms in total. The van der Waals surface area contributed by atoms with Crippen LogP contribution in [0.5, 0.6) is 0 Å². The van der Waals surface area contributed by atoms with Gasteiger partial charge in [-0.1, -0.05) is 48.0 Å². The van der Waals surface area contributed by atoms with Gasteiger partial charge >= 0.3 is 5.97 Å². The molecule has 2 aliphatic rings. The number of fused-ring (bicyclic) bond motifs is 1. The van der Waals surface area contributed by atoms with Gasteiger partial charge in [0.05, 0.1) is 17.9 Å². The van der Waals surface area contributed by atoms with Crippen molar-refractivity contribution in [2.45, 2.75) is 59.3 Å². The van der Waals surface area contributed by atoms with Crippen molar-refractivity contribution in [3.05, 3.63) is 57.6 Å². The SMILES string of the molecule is Cc1cc(C)c2c(c1Cl)CC(=NOCC(=O)N1CCCC(C)C1)C=CCC/C=C/CCOC2=O. The fourth-order valence-corrected chi connectivity index (χ4v) is 4.63. The van der Waals surface area contributed by atoms with Crippen LogP contribution < -0.4 is 0 Å². The molecule has 2 heterocycles. The van der Waals surface area contributed by atoms with Crippen LogP contribution in [0.15, 0.2) is 35.5 Å². The van der Waals surface area contributed by atoms with E-state index in [1.165, 1.54) is 0 Å². The Morgan fingerprint density at radius 2 is 1.97 bits per heavy atom. The summed E-state index contributed by atoms with van der Waals surface area (Å²) in [4.78, 5) is 32.9. The molecule has 1 aromatic rings. The molecule has 1 amide bonds. The summed E-state index contributed by atoms with van der Waals surface area (Å²) in [5, 5.41) is 4.80. The molecule has 0 spiro atoms. The first-order chi connectivity index (χ1) is 16.4. The molecular weight excluding hydrogens is 452 g/mol. The van der Waals surface area contributed by atoms with Crippen LogP contribution in [0.2, 0.25) is 5.02 Å². The quantitative estimate of drug-likeness (QED) is 0.317. The fourth-order valence-electron chi connectivity index (χ4n) is 4.42. The van der Waals surface area contributed by atoms with E-state index in [-0.39, 0.29) is 12.5 Å². The van der Waals surface area contributed by atoms with Gasteiger partial charge in [0.1, 0.15) is 0 Å². The number of ether oxygens (including phenoxy) is 1. The summed E-state index contributed by atoms with van der Waals surface area (Å²) in [6.45, 7) is 7.69. The van der Waals surface area contributed by atoms with Gasteiger partial charge in [-0.25, -0.2) is 4.79 Å². The summed E-state index contributed by atoms with van der Waals surface area (Å²) in [6.07, 6.45) is 12.9.